The van der Waals surface area contributed by atoms with Gasteiger partial charge in [0.05, 0.1) is 6.10 Å². The highest BCUT2D eigenvalue weighted by molar-refractivity contribution is 7.99. The molecule has 0 saturated heterocycles. The Morgan fingerprint density at radius 1 is 1.57 bits per heavy atom. The molecule has 0 radical (unpaired) electrons. The summed E-state index contributed by atoms with van der Waals surface area (Å²) in [6.45, 7) is 0. The standard InChI is InChI=1S/C10H12FNOS/c1-12-8-5-14-9-4-6(11)2-3-7(9)10(8)13/h2-4,8,10,12-13H,5H2,1H3. The van der Waals surface area contributed by atoms with Gasteiger partial charge in [-0.25, -0.2) is 4.39 Å². The van der Waals surface area contributed by atoms with Gasteiger partial charge in [0.2, 0.25) is 0 Å². The Hall–Kier alpha value is -0.580. The van der Waals surface area contributed by atoms with Crippen LogP contribution in [0.4, 0.5) is 4.39 Å². The average Bonchev–Trinajstić information content (AvgIpc) is 2.18. The van der Waals surface area contributed by atoms with Gasteiger partial charge in [-0.2, -0.15) is 0 Å². The molecule has 0 amide bonds. The zero-order valence-corrected chi connectivity index (χ0v) is 8.64. The second kappa shape index (κ2) is 3.88. The van der Waals surface area contributed by atoms with Gasteiger partial charge in [-0.3, -0.25) is 0 Å². The van der Waals surface area contributed by atoms with Gasteiger partial charge in [0.15, 0.2) is 0 Å². The van der Waals surface area contributed by atoms with E-state index in [9.17, 15) is 9.50 Å². The van der Waals surface area contributed by atoms with Crippen molar-refractivity contribution in [1.82, 2.24) is 5.32 Å². The molecule has 0 aliphatic carbocycles. The van der Waals surface area contributed by atoms with E-state index >= 15 is 0 Å². The van der Waals surface area contributed by atoms with Crippen molar-refractivity contribution in [3.8, 4) is 0 Å². The molecule has 76 valence electrons. The molecule has 0 fully saturated rings. The molecule has 1 heterocycles. The summed E-state index contributed by atoms with van der Waals surface area (Å²) in [7, 11) is 1.82. The summed E-state index contributed by atoms with van der Waals surface area (Å²) in [6, 6.07) is 4.58. The van der Waals surface area contributed by atoms with Gasteiger partial charge >= 0.3 is 0 Å². The number of aliphatic hydroxyl groups excluding tert-OH is 1. The third-order valence-corrected chi connectivity index (χ3v) is 3.65. The van der Waals surface area contributed by atoms with Crippen LogP contribution in [0.25, 0.3) is 0 Å². The molecule has 2 N–H and O–H groups in total. The fourth-order valence-corrected chi connectivity index (χ4v) is 2.87. The lowest BCUT2D eigenvalue weighted by molar-refractivity contribution is 0.137. The second-order valence-corrected chi connectivity index (χ2v) is 4.39. The summed E-state index contributed by atoms with van der Waals surface area (Å²) in [4.78, 5) is 0.851. The average molecular weight is 213 g/mol. The van der Waals surface area contributed by atoms with Crippen molar-refractivity contribution in [2.24, 2.45) is 0 Å². The fourth-order valence-electron chi connectivity index (χ4n) is 1.61. The Kier molecular flexibility index (Phi) is 2.76. The van der Waals surface area contributed by atoms with Gasteiger partial charge in [-0.05, 0) is 24.7 Å². The summed E-state index contributed by atoms with van der Waals surface area (Å²) in [5.74, 6) is 0.528. The highest BCUT2D eigenvalue weighted by Crippen LogP contribution is 2.36. The predicted octanol–water partition coefficient (Wildman–Crippen LogP) is 1.55. The Bertz CT molecular complexity index is 345. The molecule has 1 aromatic carbocycles. The quantitative estimate of drug-likeness (QED) is 0.742. The Morgan fingerprint density at radius 3 is 3.07 bits per heavy atom. The second-order valence-electron chi connectivity index (χ2n) is 3.33. The minimum Gasteiger partial charge on any atom is -0.387 e. The third kappa shape index (κ3) is 1.65. The van der Waals surface area contributed by atoms with E-state index in [1.54, 1.807) is 17.8 Å². The molecule has 1 aliphatic heterocycles. The number of likely N-dealkylation sites (N-methyl/N-ethyl adjacent to an activating group) is 1. The van der Waals surface area contributed by atoms with E-state index in [1.807, 2.05) is 7.05 Å². The van der Waals surface area contributed by atoms with Crippen molar-refractivity contribution in [2.75, 3.05) is 12.8 Å². The molecule has 0 aromatic heterocycles. The predicted molar refractivity (Wildman–Crippen MR) is 54.9 cm³/mol. The molecule has 2 rings (SSSR count). The molecule has 14 heavy (non-hydrogen) atoms. The molecule has 4 heteroatoms. The van der Waals surface area contributed by atoms with Crippen molar-refractivity contribution in [3.63, 3.8) is 0 Å². The zero-order valence-electron chi connectivity index (χ0n) is 7.83. The fraction of sp³-hybridized carbons (Fsp3) is 0.400. The molecule has 0 saturated carbocycles. The number of rotatable bonds is 1. The maximum absolute atomic E-state index is 12.9. The molecule has 0 spiro atoms. The van der Waals surface area contributed by atoms with Gasteiger partial charge in [-0.1, -0.05) is 6.07 Å². The van der Waals surface area contributed by atoms with Crippen molar-refractivity contribution < 1.29 is 9.50 Å². The van der Waals surface area contributed by atoms with Crippen LogP contribution in [0.3, 0.4) is 0 Å². The van der Waals surface area contributed by atoms with Gasteiger partial charge < -0.3 is 10.4 Å². The smallest absolute Gasteiger partial charge is 0.124 e. The van der Waals surface area contributed by atoms with Crippen LogP contribution in [0.5, 0.6) is 0 Å². The van der Waals surface area contributed by atoms with Gasteiger partial charge in [-0.15, -0.1) is 11.8 Å². The van der Waals surface area contributed by atoms with Crippen LogP contribution >= 0.6 is 11.8 Å². The molecule has 1 aromatic rings. The van der Waals surface area contributed by atoms with Crippen LogP contribution in [0.15, 0.2) is 23.1 Å². The van der Waals surface area contributed by atoms with E-state index in [4.69, 9.17) is 0 Å². The van der Waals surface area contributed by atoms with Gasteiger partial charge in [0, 0.05) is 16.7 Å². The topological polar surface area (TPSA) is 32.3 Å². The molecule has 0 bridgehead atoms. The third-order valence-electron chi connectivity index (χ3n) is 2.46. The van der Waals surface area contributed by atoms with Crippen molar-refractivity contribution in [2.45, 2.75) is 17.0 Å². The first-order valence-corrected chi connectivity index (χ1v) is 5.48. The highest BCUT2D eigenvalue weighted by atomic mass is 32.2. The van der Waals surface area contributed by atoms with Gasteiger partial charge in [0.25, 0.3) is 0 Å². The lowest BCUT2D eigenvalue weighted by atomic mass is 10.0. The van der Waals surface area contributed by atoms with E-state index < -0.39 is 6.10 Å². The lowest BCUT2D eigenvalue weighted by Crippen LogP contribution is -2.36. The number of aliphatic hydroxyl groups is 1. The minimum absolute atomic E-state index is 0.0537. The van der Waals surface area contributed by atoms with Crippen LogP contribution in [0.2, 0.25) is 0 Å². The first-order chi connectivity index (χ1) is 6.72. The zero-order chi connectivity index (χ0) is 10.1. The van der Waals surface area contributed by atoms with Crippen LogP contribution < -0.4 is 5.32 Å². The minimum atomic E-state index is -0.531. The number of nitrogens with one attached hydrogen (secondary N) is 1. The number of hydrogen-bond acceptors (Lipinski definition) is 3. The number of thioether (sulfide) groups is 1. The van der Waals surface area contributed by atoms with Crippen molar-refractivity contribution in [3.05, 3.63) is 29.6 Å². The molecule has 2 atom stereocenters. The summed E-state index contributed by atoms with van der Waals surface area (Å²) in [6.07, 6.45) is -0.531. The largest absolute Gasteiger partial charge is 0.387 e. The number of halogens is 1. The van der Waals surface area contributed by atoms with E-state index in [0.717, 1.165) is 16.2 Å². The summed E-state index contributed by atoms with van der Waals surface area (Å²) >= 11 is 1.58. The van der Waals surface area contributed by atoms with E-state index in [1.165, 1.54) is 12.1 Å². The van der Waals surface area contributed by atoms with Crippen LogP contribution in [-0.4, -0.2) is 23.9 Å². The highest BCUT2D eigenvalue weighted by Gasteiger charge is 2.27. The first-order valence-electron chi connectivity index (χ1n) is 4.50. The van der Waals surface area contributed by atoms with Gasteiger partial charge in [0.1, 0.15) is 5.82 Å². The maximum atomic E-state index is 12.9. The van der Waals surface area contributed by atoms with E-state index in [0.29, 0.717) is 0 Å². The van der Waals surface area contributed by atoms with Crippen molar-refractivity contribution >= 4 is 11.8 Å². The lowest BCUT2D eigenvalue weighted by Gasteiger charge is -2.29. The molecule has 1 aliphatic rings. The Morgan fingerprint density at radius 2 is 2.36 bits per heavy atom. The summed E-state index contributed by atoms with van der Waals surface area (Å²) < 4.78 is 12.9. The number of benzene rings is 1. The van der Waals surface area contributed by atoms with Crippen molar-refractivity contribution in [1.29, 1.82) is 0 Å². The van der Waals surface area contributed by atoms with Crippen LogP contribution in [0.1, 0.15) is 11.7 Å². The molecule has 2 unspecified atom stereocenters. The number of fused-ring (bicyclic) bond motifs is 1. The Balaban J connectivity index is 2.36. The van der Waals surface area contributed by atoms with Crippen LogP contribution in [0, 0.1) is 5.82 Å². The summed E-state index contributed by atoms with van der Waals surface area (Å²) in [5.41, 5.74) is 0.821. The molecular formula is C10H12FNOS. The van der Waals surface area contributed by atoms with Crippen LogP contribution in [-0.2, 0) is 0 Å². The normalized spacial score (nSPS) is 25.9. The van der Waals surface area contributed by atoms with E-state index in [2.05, 4.69) is 5.32 Å². The molecule has 2 nitrogen and oxygen atoms in total. The SMILES string of the molecule is CNC1CSc2cc(F)ccc2C1O. The first kappa shape index (κ1) is 9.96. The monoisotopic (exact) mass is 213 g/mol. The summed E-state index contributed by atoms with van der Waals surface area (Å²) in [5, 5.41) is 13.0. The maximum Gasteiger partial charge on any atom is 0.124 e. The van der Waals surface area contributed by atoms with E-state index in [-0.39, 0.29) is 11.9 Å². The number of hydrogen-bond donors (Lipinski definition) is 2. The molecular weight excluding hydrogens is 201 g/mol. The Labute approximate surface area is 86.5 Å².